The highest BCUT2D eigenvalue weighted by atomic mass is 15.1. The highest BCUT2D eigenvalue weighted by molar-refractivity contribution is 5.83. The van der Waals surface area contributed by atoms with E-state index in [0.717, 1.165) is 28.0 Å². The number of nitrogens with one attached hydrogen (secondary N) is 1. The molecular formula is C12H13N5. The lowest BCUT2D eigenvalue weighted by atomic mass is 10.2. The van der Waals surface area contributed by atoms with Gasteiger partial charge in [-0.05, 0) is 11.6 Å². The Labute approximate surface area is 98.3 Å². The molecule has 86 valence electrons. The quantitative estimate of drug-likeness (QED) is 0.695. The molecule has 1 aromatic carbocycles. The van der Waals surface area contributed by atoms with Crippen molar-refractivity contribution >= 4 is 11.0 Å². The second-order valence-corrected chi connectivity index (χ2v) is 3.97. The Balaban J connectivity index is 2.32. The van der Waals surface area contributed by atoms with Gasteiger partial charge in [0.15, 0.2) is 0 Å². The van der Waals surface area contributed by atoms with Gasteiger partial charge in [-0.2, -0.15) is 5.10 Å². The Hall–Kier alpha value is -2.14. The van der Waals surface area contributed by atoms with Crippen LogP contribution >= 0.6 is 0 Å². The third-order valence-electron chi connectivity index (χ3n) is 2.97. The molecule has 0 amide bonds. The first-order valence-corrected chi connectivity index (χ1v) is 5.45. The number of rotatable bonds is 2. The van der Waals surface area contributed by atoms with Gasteiger partial charge in [-0.25, -0.2) is 4.98 Å². The summed E-state index contributed by atoms with van der Waals surface area (Å²) in [6, 6.07) is 6.06. The van der Waals surface area contributed by atoms with Crippen LogP contribution in [0, 0.1) is 0 Å². The summed E-state index contributed by atoms with van der Waals surface area (Å²) in [7, 11) is 2.00. The minimum absolute atomic E-state index is 0.499. The molecule has 17 heavy (non-hydrogen) atoms. The summed E-state index contributed by atoms with van der Waals surface area (Å²) in [5.41, 5.74) is 9.82. The lowest BCUT2D eigenvalue weighted by Crippen LogP contribution is -1.97. The molecule has 0 unspecified atom stereocenters. The normalized spacial score (nSPS) is 11.2. The Bertz CT molecular complexity index is 651. The van der Waals surface area contributed by atoms with Crippen molar-refractivity contribution in [2.45, 2.75) is 6.54 Å². The van der Waals surface area contributed by atoms with Crippen molar-refractivity contribution in [3.63, 3.8) is 0 Å². The van der Waals surface area contributed by atoms with Gasteiger partial charge in [0.05, 0.1) is 22.8 Å². The number of nitrogens with two attached hydrogens (primary N) is 1. The lowest BCUT2D eigenvalue weighted by Gasteiger charge is -1.99. The summed E-state index contributed by atoms with van der Waals surface area (Å²) in [5, 5.41) is 6.75. The largest absolute Gasteiger partial charge is 0.327 e. The van der Waals surface area contributed by atoms with E-state index in [4.69, 9.17) is 5.73 Å². The van der Waals surface area contributed by atoms with Crippen molar-refractivity contribution in [1.82, 2.24) is 19.7 Å². The Morgan fingerprint density at radius 3 is 3.00 bits per heavy atom. The number of aromatic amines is 1. The van der Waals surface area contributed by atoms with Gasteiger partial charge in [-0.3, -0.25) is 5.10 Å². The van der Waals surface area contributed by atoms with Gasteiger partial charge in [0, 0.05) is 19.8 Å². The summed E-state index contributed by atoms with van der Waals surface area (Å²) in [4.78, 5) is 4.65. The predicted octanol–water partition coefficient (Wildman–Crippen LogP) is 1.42. The topological polar surface area (TPSA) is 72.5 Å². The Kier molecular flexibility index (Phi) is 2.19. The van der Waals surface area contributed by atoms with E-state index in [9.17, 15) is 0 Å². The maximum Gasteiger partial charge on any atom is 0.144 e. The molecule has 2 heterocycles. The summed E-state index contributed by atoms with van der Waals surface area (Å²) < 4.78 is 2.05. The maximum atomic E-state index is 5.73. The summed E-state index contributed by atoms with van der Waals surface area (Å²) in [6.07, 6.45) is 3.60. The van der Waals surface area contributed by atoms with E-state index in [1.165, 1.54) is 0 Å². The van der Waals surface area contributed by atoms with Crippen LogP contribution in [0.3, 0.4) is 0 Å². The fourth-order valence-electron chi connectivity index (χ4n) is 2.07. The zero-order chi connectivity index (χ0) is 11.8. The fourth-order valence-corrected chi connectivity index (χ4v) is 2.07. The Morgan fingerprint density at radius 2 is 2.29 bits per heavy atom. The monoisotopic (exact) mass is 227 g/mol. The molecular weight excluding hydrogens is 214 g/mol. The van der Waals surface area contributed by atoms with Gasteiger partial charge < -0.3 is 10.3 Å². The average molecular weight is 227 g/mol. The van der Waals surface area contributed by atoms with Crippen LogP contribution in [0.15, 0.2) is 30.6 Å². The van der Waals surface area contributed by atoms with Gasteiger partial charge in [-0.1, -0.05) is 12.1 Å². The number of aromatic nitrogens is 4. The number of imidazole rings is 1. The van der Waals surface area contributed by atoms with Crippen molar-refractivity contribution in [2.75, 3.05) is 0 Å². The van der Waals surface area contributed by atoms with E-state index >= 15 is 0 Å². The minimum Gasteiger partial charge on any atom is -0.327 e. The smallest absolute Gasteiger partial charge is 0.144 e. The molecule has 3 N–H and O–H groups in total. The van der Waals surface area contributed by atoms with Crippen molar-refractivity contribution in [1.29, 1.82) is 0 Å². The lowest BCUT2D eigenvalue weighted by molar-refractivity contribution is 0.959. The van der Waals surface area contributed by atoms with Gasteiger partial charge >= 0.3 is 0 Å². The van der Waals surface area contributed by atoms with Crippen LogP contribution < -0.4 is 5.73 Å². The van der Waals surface area contributed by atoms with Crippen molar-refractivity contribution in [3.05, 3.63) is 36.2 Å². The number of aryl methyl sites for hydroxylation is 1. The van der Waals surface area contributed by atoms with Gasteiger partial charge in [-0.15, -0.1) is 0 Å². The highest BCUT2D eigenvalue weighted by Crippen LogP contribution is 2.24. The Morgan fingerprint density at radius 1 is 1.41 bits per heavy atom. The molecule has 2 aromatic heterocycles. The zero-order valence-corrected chi connectivity index (χ0v) is 9.51. The highest BCUT2D eigenvalue weighted by Gasteiger charge is 2.12. The molecule has 0 spiro atoms. The molecule has 0 bridgehead atoms. The molecule has 5 nitrogen and oxygen atoms in total. The summed E-state index contributed by atoms with van der Waals surface area (Å²) in [5.74, 6) is 0.898. The second-order valence-electron chi connectivity index (χ2n) is 3.97. The standard InChI is InChI=1S/C12H13N5/c1-17-10-4-2-3-8(5-13)11(10)16-12(17)9-6-14-15-7-9/h2-4,6-7H,5,13H2,1H3,(H,14,15). The van der Waals surface area contributed by atoms with Gasteiger partial charge in [0.25, 0.3) is 0 Å². The maximum absolute atomic E-state index is 5.73. The van der Waals surface area contributed by atoms with Crippen LogP contribution in [0.25, 0.3) is 22.4 Å². The van der Waals surface area contributed by atoms with E-state index in [1.807, 2.05) is 31.4 Å². The molecule has 0 saturated carbocycles. The number of hydrogen-bond acceptors (Lipinski definition) is 3. The molecule has 3 rings (SSSR count). The van der Waals surface area contributed by atoms with Crippen LogP contribution in [0.4, 0.5) is 0 Å². The number of H-pyrrole nitrogens is 1. The third kappa shape index (κ3) is 1.43. The van der Waals surface area contributed by atoms with Crippen molar-refractivity contribution < 1.29 is 0 Å². The van der Waals surface area contributed by atoms with Crippen LogP contribution in [0.2, 0.25) is 0 Å². The van der Waals surface area contributed by atoms with Gasteiger partial charge in [0.1, 0.15) is 5.82 Å². The molecule has 0 aliphatic carbocycles. The van der Waals surface area contributed by atoms with E-state index < -0.39 is 0 Å². The number of benzene rings is 1. The molecule has 0 aliphatic rings. The second kappa shape index (κ2) is 3.71. The number of hydrogen-bond donors (Lipinski definition) is 2. The van der Waals surface area contributed by atoms with E-state index in [2.05, 4.69) is 19.7 Å². The fraction of sp³-hybridized carbons (Fsp3) is 0.167. The zero-order valence-electron chi connectivity index (χ0n) is 9.51. The van der Waals surface area contributed by atoms with E-state index in [0.29, 0.717) is 6.54 Å². The van der Waals surface area contributed by atoms with Crippen LogP contribution in [-0.2, 0) is 13.6 Å². The molecule has 5 heteroatoms. The molecule has 0 fully saturated rings. The molecule has 3 aromatic rings. The average Bonchev–Trinajstić information content (AvgIpc) is 2.97. The van der Waals surface area contributed by atoms with Gasteiger partial charge in [0.2, 0.25) is 0 Å². The van der Waals surface area contributed by atoms with Crippen molar-refractivity contribution in [2.24, 2.45) is 12.8 Å². The van der Waals surface area contributed by atoms with E-state index in [1.54, 1.807) is 6.20 Å². The third-order valence-corrected chi connectivity index (χ3v) is 2.97. The minimum atomic E-state index is 0.499. The molecule has 0 aliphatic heterocycles. The number of para-hydroxylation sites is 1. The molecule has 0 radical (unpaired) electrons. The summed E-state index contributed by atoms with van der Waals surface area (Å²) in [6.45, 7) is 0.499. The number of nitrogens with zero attached hydrogens (tertiary/aromatic N) is 3. The van der Waals surface area contributed by atoms with Crippen molar-refractivity contribution in [3.8, 4) is 11.4 Å². The molecule has 0 saturated heterocycles. The first-order valence-electron chi connectivity index (χ1n) is 5.45. The predicted molar refractivity (Wildman–Crippen MR) is 66.2 cm³/mol. The SMILES string of the molecule is Cn1c(-c2cn[nH]c2)nc2c(CN)cccc21. The van der Waals surface area contributed by atoms with Crippen LogP contribution in [0.5, 0.6) is 0 Å². The van der Waals surface area contributed by atoms with E-state index in [-0.39, 0.29) is 0 Å². The first-order chi connectivity index (χ1) is 8.31. The molecule has 0 atom stereocenters. The summed E-state index contributed by atoms with van der Waals surface area (Å²) >= 11 is 0. The van der Waals surface area contributed by atoms with Crippen LogP contribution in [0.1, 0.15) is 5.56 Å². The van der Waals surface area contributed by atoms with Crippen LogP contribution in [-0.4, -0.2) is 19.7 Å². The first kappa shape index (κ1) is 10.0. The number of fused-ring (bicyclic) bond motifs is 1.